The van der Waals surface area contributed by atoms with Crippen molar-refractivity contribution in [2.24, 2.45) is 11.8 Å². The Balaban J connectivity index is 1.67. The SMILES string of the molecule is Cc1ccc(C2Nc3ccc(NC(=O)C(C)C)cc3C3C=CCC32)s1. The van der Waals surface area contributed by atoms with Gasteiger partial charge in [-0.15, -0.1) is 11.3 Å². The molecule has 1 aliphatic heterocycles. The van der Waals surface area contributed by atoms with E-state index in [1.54, 1.807) is 0 Å². The van der Waals surface area contributed by atoms with Crippen molar-refractivity contribution < 1.29 is 4.79 Å². The molecule has 0 saturated carbocycles. The summed E-state index contributed by atoms with van der Waals surface area (Å²) in [6.07, 6.45) is 5.74. The van der Waals surface area contributed by atoms with Crippen LogP contribution in [0.1, 0.15) is 47.5 Å². The zero-order valence-electron chi connectivity index (χ0n) is 14.9. The first-order chi connectivity index (χ1) is 12.0. The number of fused-ring (bicyclic) bond motifs is 3. The highest BCUT2D eigenvalue weighted by Gasteiger charge is 2.38. The van der Waals surface area contributed by atoms with E-state index in [0.717, 1.165) is 12.1 Å². The highest BCUT2D eigenvalue weighted by molar-refractivity contribution is 7.12. The minimum absolute atomic E-state index is 0.0141. The molecule has 0 fully saturated rings. The van der Waals surface area contributed by atoms with E-state index in [1.807, 2.05) is 31.3 Å². The molecule has 1 aromatic carbocycles. The van der Waals surface area contributed by atoms with Crippen LogP contribution in [0, 0.1) is 18.8 Å². The van der Waals surface area contributed by atoms with E-state index < -0.39 is 0 Å². The molecule has 0 radical (unpaired) electrons. The summed E-state index contributed by atoms with van der Waals surface area (Å²) in [6, 6.07) is 11.1. The van der Waals surface area contributed by atoms with Gasteiger partial charge in [-0.25, -0.2) is 0 Å². The van der Waals surface area contributed by atoms with E-state index in [4.69, 9.17) is 0 Å². The molecule has 0 saturated heterocycles. The molecule has 1 aromatic heterocycles. The lowest BCUT2D eigenvalue weighted by atomic mass is 9.78. The first kappa shape index (κ1) is 16.4. The Hall–Kier alpha value is -2.07. The largest absolute Gasteiger partial charge is 0.377 e. The Morgan fingerprint density at radius 1 is 1.28 bits per heavy atom. The third-order valence-corrected chi connectivity index (χ3v) is 6.31. The van der Waals surface area contributed by atoms with Crippen molar-refractivity contribution in [2.45, 2.75) is 39.2 Å². The Bertz CT molecular complexity index is 836. The van der Waals surface area contributed by atoms with Crippen molar-refractivity contribution in [3.05, 3.63) is 57.8 Å². The molecule has 3 nitrogen and oxygen atoms in total. The van der Waals surface area contributed by atoms with Crippen LogP contribution in [0.15, 0.2) is 42.5 Å². The quantitative estimate of drug-likeness (QED) is 0.718. The molecular weight excluding hydrogens is 328 g/mol. The molecule has 1 amide bonds. The standard InChI is InChI=1S/C21H24N2OS/c1-12(2)21(24)22-14-8-9-18-17(11-14)15-5-4-6-16(15)20(23-18)19-10-7-13(3)25-19/h4-5,7-12,15-16,20,23H,6H2,1-3H3,(H,22,24). The number of thiophene rings is 1. The predicted molar refractivity (Wildman–Crippen MR) is 105 cm³/mol. The fourth-order valence-electron chi connectivity index (χ4n) is 3.86. The van der Waals surface area contributed by atoms with Gasteiger partial charge in [-0.05, 0) is 55.2 Å². The summed E-state index contributed by atoms with van der Waals surface area (Å²) in [7, 11) is 0. The summed E-state index contributed by atoms with van der Waals surface area (Å²) in [5, 5.41) is 6.79. The molecule has 2 aliphatic rings. The fourth-order valence-corrected chi connectivity index (χ4v) is 4.87. The fraction of sp³-hybridized carbons (Fsp3) is 0.381. The Morgan fingerprint density at radius 3 is 2.84 bits per heavy atom. The molecule has 3 atom stereocenters. The minimum atomic E-state index is -0.0141. The van der Waals surface area contributed by atoms with E-state index in [0.29, 0.717) is 17.9 Å². The number of carbonyl (C=O) groups is 1. The molecule has 1 aliphatic carbocycles. The first-order valence-electron chi connectivity index (χ1n) is 8.97. The van der Waals surface area contributed by atoms with Gasteiger partial charge in [0.05, 0.1) is 6.04 Å². The summed E-state index contributed by atoms with van der Waals surface area (Å²) in [6.45, 7) is 6.00. The van der Waals surface area contributed by atoms with Crippen LogP contribution in [0.2, 0.25) is 0 Å². The van der Waals surface area contributed by atoms with Gasteiger partial charge in [0.2, 0.25) is 5.91 Å². The molecule has 0 spiro atoms. The zero-order valence-corrected chi connectivity index (χ0v) is 15.7. The number of aryl methyl sites for hydroxylation is 1. The molecular formula is C21H24N2OS. The average molecular weight is 353 g/mol. The van der Waals surface area contributed by atoms with Gasteiger partial charge in [-0.2, -0.15) is 0 Å². The number of carbonyl (C=O) groups excluding carboxylic acids is 1. The number of allylic oxidation sites excluding steroid dienone is 2. The van der Waals surface area contributed by atoms with Crippen LogP contribution < -0.4 is 10.6 Å². The maximum absolute atomic E-state index is 12.0. The Morgan fingerprint density at radius 2 is 2.12 bits per heavy atom. The average Bonchev–Trinajstić information content (AvgIpc) is 3.23. The van der Waals surface area contributed by atoms with Gasteiger partial charge in [-0.3, -0.25) is 4.79 Å². The molecule has 25 heavy (non-hydrogen) atoms. The second-order valence-electron chi connectivity index (χ2n) is 7.37. The van der Waals surface area contributed by atoms with Crippen molar-refractivity contribution in [1.29, 1.82) is 0 Å². The van der Waals surface area contributed by atoms with Gasteiger partial charge in [0.25, 0.3) is 0 Å². The van der Waals surface area contributed by atoms with Crippen LogP contribution in [-0.4, -0.2) is 5.91 Å². The number of nitrogens with one attached hydrogen (secondary N) is 2. The highest BCUT2D eigenvalue weighted by atomic mass is 32.1. The number of anilines is 2. The summed E-state index contributed by atoms with van der Waals surface area (Å²) in [5.41, 5.74) is 3.37. The van der Waals surface area contributed by atoms with E-state index in [2.05, 4.69) is 54.0 Å². The van der Waals surface area contributed by atoms with E-state index in [-0.39, 0.29) is 11.8 Å². The molecule has 4 heteroatoms. The number of rotatable bonds is 3. The Kier molecular flexibility index (Phi) is 4.16. The minimum Gasteiger partial charge on any atom is -0.377 e. The predicted octanol–water partition coefficient (Wildman–Crippen LogP) is 5.48. The normalized spacial score (nSPS) is 23.9. The molecule has 2 heterocycles. The van der Waals surface area contributed by atoms with E-state index >= 15 is 0 Å². The van der Waals surface area contributed by atoms with Crippen molar-refractivity contribution in [1.82, 2.24) is 0 Å². The second kappa shape index (κ2) is 6.34. The zero-order chi connectivity index (χ0) is 17.6. The smallest absolute Gasteiger partial charge is 0.226 e. The summed E-state index contributed by atoms with van der Waals surface area (Å²) >= 11 is 1.89. The van der Waals surface area contributed by atoms with Crippen LogP contribution in [-0.2, 0) is 4.79 Å². The van der Waals surface area contributed by atoms with Gasteiger partial charge in [0.1, 0.15) is 0 Å². The van der Waals surface area contributed by atoms with Crippen LogP contribution in [0.5, 0.6) is 0 Å². The maximum Gasteiger partial charge on any atom is 0.226 e. The van der Waals surface area contributed by atoms with Gasteiger partial charge in [0.15, 0.2) is 0 Å². The number of amides is 1. The molecule has 130 valence electrons. The topological polar surface area (TPSA) is 41.1 Å². The third-order valence-electron chi connectivity index (χ3n) is 5.22. The van der Waals surface area contributed by atoms with Crippen LogP contribution in [0.25, 0.3) is 0 Å². The van der Waals surface area contributed by atoms with E-state index in [9.17, 15) is 4.79 Å². The van der Waals surface area contributed by atoms with Gasteiger partial charge in [-0.1, -0.05) is 26.0 Å². The highest BCUT2D eigenvalue weighted by Crippen LogP contribution is 2.51. The van der Waals surface area contributed by atoms with Gasteiger partial charge < -0.3 is 10.6 Å². The second-order valence-corrected chi connectivity index (χ2v) is 8.69. The van der Waals surface area contributed by atoms with Crippen molar-refractivity contribution in [3.63, 3.8) is 0 Å². The maximum atomic E-state index is 12.0. The lowest BCUT2D eigenvalue weighted by molar-refractivity contribution is -0.118. The molecule has 3 unspecified atom stereocenters. The van der Waals surface area contributed by atoms with Crippen LogP contribution >= 0.6 is 11.3 Å². The summed E-state index contributed by atoms with van der Waals surface area (Å²) < 4.78 is 0. The van der Waals surface area contributed by atoms with Crippen molar-refractivity contribution >= 4 is 28.6 Å². The van der Waals surface area contributed by atoms with E-state index in [1.165, 1.54) is 21.0 Å². The lowest BCUT2D eigenvalue weighted by Crippen LogP contribution is -2.28. The Labute approximate surface area is 153 Å². The summed E-state index contributed by atoms with van der Waals surface area (Å²) in [4.78, 5) is 14.8. The van der Waals surface area contributed by atoms with Gasteiger partial charge >= 0.3 is 0 Å². The monoisotopic (exact) mass is 352 g/mol. The molecule has 0 bridgehead atoms. The number of hydrogen-bond acceptors (Lipinski definition) is 3. The number of benzene rings is 1. The first-order valence-corrected chi connectivity index (χ1v) is 9.79. The van der Waals surface area contributed by atoms with Crippen molar-refractivity contribution in [3.8, 4) is 0 Å². The lowest BCUT2D eigenvalue weighted by Gasteiger charge is -2.37. The molecule has 2 aromatic rings. The van der Waals surface area contributed by atoms with Crippen molar-refractivity contribution in [2.75, 3.05) is 10.6 Å². The molecule has 4 rings (SSSR count). The number of hydrogen-bond donors (Lipinski definition) is 2. The summed E-state index contributed by atoms with van der Waals surface area (Å²) in [5.74, 6) is 1.01. The van der Waals surface area contributed by atoms with Crippen LogP contribution in [0.3, 0.4) is 0 Å². The van der Waals surface area contributed by atoms with Gasteiger partial charge in [0, 0.05) is 33.0 Å². The van der Waals surface area contributed by atoms with Crippen LogP contribution in [0.4, 0.5) is 11.4 Å². The third kappa shape index (κ3) is 2.99. The molecule has 2 N–H and O–H groups in total.